The van der Waals surface area contributed by atoms with E-state index in [-0.39, 0.29) is 50.0 Å². The number of fused-ring (bicyclic) bond motifs is 4. The molecule has 16 rings (SSSR count). The van der Waals surface area contributed by atoms with Gasteiger partial charge in [0.05, 0.1) is 97.1 Å². The topological polar surface area (TPSA) is 297 Å². The van der Waals surface area contributed by atoms with Gasteiger partial charge in [-0.05, 0) is 204 Å². The minimum Gasteiger partial charge on any atom is -0.493 e. The monoisotopic (exact) mass is 1590 g/mol. The summed E-state index contributed by atoms with van der Waals surface area (Å²) >= 11 is 0. The fourth-order valence-corrected chi connectivity index (χ4v) is 13.1. The van der Waals surface area contributed by atoms with Crippen molar-refractivity contribution in [1.29, 1.82) is 0 Å². The molecule has 12 aromatic rings. The molecule has 600 valence electrons. The van der Waals surface area contributed by atoms with Gasteiger partial charge in [0.1, 0.15) is 42.8 Å². The number of pyridine rings is 4. The minimum atomic E-state index is -0.801. The lowest BCUT2D eigenvalue weighted by Crippen LogP contribution is -2.22. The van der Waals surface area contributed by atoms with Gasteiger partial charge in [-0.25, -0.2) is 31.9 Å². The first kappa shape index (κ1) is 80.3. The number of cyclic esters (lactones) is 3. The lowest BCUT2D eigenvalue weighted by Gasteiger charge is -2.16. The van der Waals surface area contributed by atoms with Crippen molar-refractivity contribution in [3.05, 3.63) is 200 Å². The fraction of sp³-hybridized carbons (Fsp3) is 0.256. The Morgan fingerprint density at radius 2 is 0.672 bits per heavy atom. The molecule has 0 bridgehead atoms. The van der Waals surface area contributed by atoms with Crippen molar-refractivity contribution in [2.24, 2.45) is 5.92 Å². The van der Waals surface area contributed by atoms with E-state index >= 15 is 0 Å². The Hall–Kier alpha value is -13.8. The van der Waals surface area contributed by atoms with Gasteiger partial charge < -0.3 is 87.6 Å². The van der Waals surface area contributed by atoms with E-state index in [1.807, 2.05) is 105 Å². The van der Waals surface area contributed by atoms with E-state index in [1.165, 1.54) is 38.5 Å². The normalized spacial score (nSPS) is 15.8. The first-order valence-electron chi connectivity index (χ1n) is 36.6. The molecule has 4 aliphatic heterocycles. The van der Waals surface area contributed by atoms with Crippen molar-refractivity contribution in [2.75, 3.05) is 95.3 Å². The number of benzene rings is 8. The second-order valence-corrected chi connectivity index (χ2v) is 26.9. The average Bonchev–Trinajstić information content (AvgIpc) is 0.931. The second-order valence-electron chi connectivity index (χ2n) is 26.9. The highest BCUT2D eigenvalue weighted by Gasteiger charge is 2.29. The van der Waals surface area contributed by atoms with Crippen molar-refractivity contribution in [1.82, 2.24) is 41.2 Å². The van der Waals surface area contributed by atoms with E-state index in [2.05, 4.69) is 41.2 Å². The number of carbonyl (C=O) groups is 4. The number of hydrogen-bond acceptors (Lipinski definition) is 22. The maximum absolute atomic E-state index is 14.1. The number of rotatable bonds is 24. The largest absolute Gasteiger partial charge is 0.493 e. The van der Waals surface area contributed by atoms with Gasteiger partial charge in [-0.1, -0.05) is 6.07 Å². The number of amides is 4. The number of ether oxygens (including phenoxy) is 14. The van der Waals surface area contributed by atoms with Crippen molar-refractivity contribution in [3.8, 4) is 108 Å². The summed E-state index contributed by atoms with van der Waals surface area (Å²) in [5.74, 6) is 1.42. The number of hydrogen-bond donors (Lipinski definition) is 4. The molecule has 4 amide bonds. The smallest absolute Gasteiger partial charge is 0.407 e. The van der Waals surface area contributed by atoms with Crippen LogP contribution in [0.2, 0.25) is 0 Å². The molecule has 8 aromatic carbocycles. The summed E-state index contributed by atoms with van der Waals surface area (Å²) in [4.78, 5) is 62.6. The van der Waals surface area contributed by atoms with Crippen LogP contribution in [0.3, 0.4) is 0 Å². The molecule has 30 heteroatoms. The third-order valence-corrected chi connectivity index (χ3v) is 18.7. The molecular weight excluding hydrogens is 1510 g/mol. The highest BCUT2D eigenvalue weighted by Crippen LogP contribution is 2.44. The lowest BCUT2D eigenvalue weighted by molar-refractivity contribution is -0.119. The molecule has 0 aliphatic carbocycles. The first-order chi connectivity index (χ1) is 56.2. The van der Waals surface area contributed by atoms with Gasteiger partial charge in [-0.3, -0.25) is 24.7 Å². The second kappa shape index (κ2) is 36.8. The molecule has 0 spiro atoms. The van der Waals surface area contributed by atoms with Gasteiger partial charge in [0, 0.05) is 65.2 Å². The highest BCUT2D eigenvalue weighted by atomic mass is 19.1. The van der Waals surface area contributed by atoms with Gasteiger partial charge in [0.15, 0.2) is 76.1 Å². The van der Waals surface area contributed by atoms with Gasteiger partial charge >= 0.3 is 18.3 Å². The van der Waals surface area contributed by atoms with E-state index in [1.54, 1.807) is 89.6 Å². The summed E-state index contributed by atoms with van der Waals surface area (Å²) in [6.45, 7) is 6.72. The molecule has 4 aromatic heterocycles. The number of halogens is 4. The number of carbonyl (C=O) groups excluding carboxylic acids is 4. The molecular formula is C86H80F4N8O18. The molecule has 4 fully saturated rings. The Morgan fingerprint density at radius 1 is 0.353 bits per heavy atom. The summed E-state index contributed by atoms with van der Waals surface area (Å²) in [7, 11) is 8.77. The molecule has 0 radical (unpaired) electrons. The Bertz CT molecular complexity index is 5390. The Morgan fingerprint density at radius 3 is 0.983 bits per heavy atom. The Labute approximate surface area is 662 Å². The van der Waals surface area contributed by atoms with E-state index < -0.39 is 59.2 Å². The summed E-state index contributed by atoms with van der Waals surface area (Å²) in [6, 6.07) is 44.0. The first-order valence-corrected chi connectivity index (χ1v) is 36.6. The van der Waals surface area contributed by atoms with Crippen LogP contribution in [0.4, 0.5) is 31.9 Å². The maximum atomic E-state index is 14.1. The summed E-state index contributed by atoms with van der Waals surface area (Å²) in [6.07, 6.45) is 4.80. The molecule has 4 aliphatic rings. The van der Waals surface area contributed by atoms with Gasteiger partial charge in [-0.15, -0.1) is 0 Å². The van der Waals surface area contributed by atoms with Crippen LogP contribution in [0.5, 0.6) is 63.2 Å². The quantitative estimate of drug-likeness (QED) is 0.0323. The number of methoxy groups -OCH3 is 6. The van der Waals surface area contributed by atoms with Crippen LogP contribution < -0.4 is 73.4 Å². The van der Waals surface area contributed by atoms with Crippen molar-refractivity contribution < 1.29 is 103 Å². The molecule has 4 atom stereocenters. The van der Waals surface area contributed by atoms with Crippen LogP contribution in [0.15, 0.2) is 176 Å². The van der Waals surface area contributed by atoms with Crippen molar-refractivity contribution >= 4 is 67.8 Å². The number of alkyl carbamates (subject to hydrolysis) is 3. The Balaban J connectivity index is 0.000000135. The van der Waals surface area contributed by atoms with Crippen LogP contribution >= 0.6 is 0 Å². The summed E-state index contributed by atoms with van der Waals surface area (Å²) < 4.78 is 133. The van der Waals surface area contributed by atoms with E-state index in [9.17, 15) is 36.7 Å². The zero-order chi connectivity index (χ0) is 81.5. The predicted octanol–water partition coefficient (Wildman–Crippen LogP) is 15.0. The predicted molar refractivity (Wildman–Crippen MR) is 422 cm³/mol. The number of nitrogens with one attached hydrogen (secondary N) is 4. The van der Waals surface area contributed by atoms with Crippen molar-refractivity contribution in [2.45, 2.75) is 44.7 Å². The summed E-state index contributed by atoms with van der Waals surface area (Å²) in [5, 5.41) is 13.9. The lowest BCUT2D eigenvalue weighted by atomic mass is 10.0. The SMILES string of the molecule is COc1c(F)cc(-c2cc(OC[C@H]3CNC(=O)C3)c3cccnc3c2)cc1F.COc1c(F)cc(-c2cc(OC[C@H]3CNC(=O)O3)c3cccnc3c2)cc1F.COc1cc(-c2cc(OC[C@H]3CNC(=O)O3)c3cccnc3c2)cc(OC)c1OC.COc1cc(-c2cc(OC[C@H]3CNC(=O)O3)c3cccnc3c2)ccc1OC(C)C. The highest BCUT2D eigenvalue weighted by molar-refractivity contribution is 5.94. The van der Waals surface area contributed by atoms with E-state index in [0.29, 0.717) is 124 Å². The minimum absolute atomic E-state index is 0.0121. The van der Waals surface area contributed by atoms with Crippen LogP contribution in [-0.4, -0.2) is 164 Å². The zero-order valence-corrected chi connectivity index (χ0v) is 64.1. The van der Waals surface area contributed by atoms with Crippen LogP contribution in [0.25, 0.3) is 88.1 Å². The Kier molecular flexibility index (Phi) is 25.4. The molecule has 0 unspecified atom stereocenters. The zero-order valence-electron chi connectivity index (χ0n) is 64.1. The van der Waals surface area contributed by atoms with Gasteiger partial charge in [0.25, 0.3) is 0 Å². The van der Waals surface area contributed by atoms with Gasteiger partial charge in [-0.2, -0.15) is 0 Å². The molecule has 4 N–H and O–H groups in total. The molecule has 0 saturated carbocycles. The maximum Gasteiger partial charge on any atom is 0.407 e. The average molecular weight is 1590 g/mol. The van der Waals surface area contributed by atoms with Crippen molar-refractivity contribution in [3.63, 3.8) is 0 Å². The van der Waals surface area contributed by atoms with Crippen LogP contribution in [0, 0.1) is 29.2 Å². The molecule has 26 nitrogen and oxygen atoms in total. The van der Waals surface area contributed by atoms with E-state index in [0.717, 1.165) is 54.8 Å². The molecule has 116 heavy (non-hydrogen) atoms. The van der Waals surface area contributed by atoms with Crippen LogP contribution in [0.1, 0.15) is 20.3 Å². The number of nitrogens with zero attached hydrogens (tertiary/aromatic N) is 4. The van der Waals surface area contributed by atoms with Gasteiger partial charge in [0.2, 0.25) is 11.7 Å². The standard InChI is InChI=1S/C23H24N2O5.C22H22N2O6.C21H18F2N2O3.C20H16F2N2O4/c1-14(2)29-20-7-6-15(10-22(20)27-3)16-9-19-18(5-4-8-24-19)21(11-16)28-13-17-12-25-23(26)30-17;1-26-19-9-14(10-20(27-2)21(19)28-3)13-7-17-16(5-4-6-23-17)18(8-13)29-12-15-11-24-22(25)30-15;1-27-21-16(22)6-13(7-17(21)23)14-8-18-15(3-2-4-24-18)19(9-14)28-11-12-5-20(26)25-10-12;1-26-19-15(21)5-11(6-16(19)22)12-7-17-14(3-2-4-23-17)18(8-12)27-10-13-9-24-20(25)28-13/h4-11,14,17H,12-13H2,1-3H3,(H,25,26);4-10,15H,11-12H2,1-3H3,(H,24,25);2-4,6-9,12H,5,10-11H2,1H3,(H,25,26);2-8,13H,9-10H2,1H3,(H,24,25)/t17-;15-;12-;13-/m1111/s1. The third-order valence-electron chi connectivity index (χ3n) is 18.7. The van der Waals surface area contributed by atoms with Crippen LogP contribution in [-0.2, 0) is 19.0 Å². The molecule has 8 heterocycles. The molecule has 4 saturated heterocycles. The fourth-order valence-electron chi connectivity index (χ4n) is 13.1. The summed E-state index contributed by atoms with van der Waals surface area (Å²) in [5.41, 5.74) is 8.24. The number of aromatic nitrogens is 4. The van der Waals surface area contributed by atoms with E-state index in [4.69, 9.17) is 66.3 Å². The third kappa shape index (κ3) is 19.1.